The zero-order valence-electron chi connectivity index (χ0n) is 14.1. The van der Waals surface area contributed by atoms with Crippen LogP contribution in [0.2, 0.25) is 0 Å². The van der Waals surface area contributed by atoms with Crippen molar-refractivity contribution in [2.75, 3.05) is 27.3 Å². The van der Waals surface area contributed by atoms with Crippen molar-refractivity contribution in [3.05, 3.63) is 23.8 Å². The Labute approximate surface area is 136 Å². The smallest absolute Gasteiger partial charge is 0.315 e. The predicted molar refractivity (Wildman–Crippen MR) is 87.9 cm³/mol. The molecule has 0 spiro atoms. The van der Waals surface area contributed by atoms with Crippen LogP contribution in [0.25, 0.3) is 0 Å². The van der Waals surface area contributed by atoms with Crippen LogP contribution >= 0.6 is 0 Å². The lowest BCUT2D eigenvalue weighted by Crippen LogP contribution is -2.44. The van der Waals surface area contributed by atoms with Crippen LogP contribution in [0.1, 0.15) is 19.4 Å². The fourth-order valence-electron chi connectivity index (χ4n) is 1.92. The molecule has 1 aromatic carbocycles. The number of carbonyl (C=O) groups is 2. The first-order valence-corrected chi connectivity index (χ1v) is 7.48. The minimum absolute atomic E-state index is 0.0307. The second-order valence-corrected chi connectivity index (χ2v) is 5.27. The van der Waals surface area contributed by atoms with E-state index >= 15 is 0 Å². The molecule has 0 atom stereocenters. The molecular formula is C16H25N3O4. The van der Waals surface area contributed by atoms with Gasteiger partial charge in [-0.05, 0) is 38.0 Å². The highest BCUT2D eigenvalue weighted by molar-refractivity contribution is 5.83. The van der Waals surface area contributed by atoms with Crippen molar-refractivity contribution in [3.8, 4) is 11.5 Å². The molecule has 0 radical (unpaired) electrons. The lowest BCUT2D eigenvalue weighted by atomic mass is 10.1. The van der Waals surface area contributed by atoms with E-state index in [4.69, 9.17) is 9.47 Å². The fourth-order valence-corrected chi connectivity index (χ4v) is 1.92. The van der Waals surface area contributed by atoms with Crippen molar-refractivity contribution in [1.29, 1.82) is 0 Å². The molecule has 7 nitrogen and oxygen atoms in total. The van der Waals surface area contributed by atoms with Gasteiger partial charge in [-0.25, -0.2) is 4.79 Å². The van der Waals surface area contributed by atoms with Gasteiger partial charge in [0.1, 0.15) is 0 Å². The number of hydrogen-bond donors (Lipinski definition) is 3. The first kappa shape index (κ1) is 18.6. The molecule has 0 aliphatic rings. The molecule has 1 aromatic rings. The van der Waals surface area contributed by atoms with E-state index in [1.165, 1.54) is 0 Å². The summed E-state index contributed by atoms with van der Waals surface area (Å²) in [6, 6.07) is 5.30. The molecule has 23 heavy (non-hydrogen) atoms. The third-order valence-corrected chi connectivity index (χ3v) is 3.01. The number of nitrogens with one attached hydrogen (secondary N) is 3. The second kappa shape index (κ2) is 9.55. The number of hydrogen-bond acceptors (Lipinski definition) is 4. The van der Waals surface area contributed by atoms with E-state index in [0.29, 0.717) is 24.5 Å². The summed E-state index contributed by atoms with van der Waals surface area (Å²) in [4.78, 5) is 23.0. The van der Waals surface area contributed by atoms with Gasteiger partial charge < -0.3 is 25.4 Å². The number of benzene rings is 1. The third-order valence-electron chi connectivity index (χ3n) is 3.01. The van der Waals surface area contributed by atoms with Gasteiger partial charge in [-0.3, -0.25) is 4.79 Å². The summed E-state index contributed by atoms with van der Waals surface area (Å²) in [5, 5.41) is 7.90. The molecule has 3 amide bonds. The van der Waals surface area contributed by atoms with Crippen molar-refractivity contribution < 1.29 is 19.1 Å². The first-order valence-electron chi connectivity index (χ1n) is 7.48. The topological polar surface area (TPSA) is 88.7 Å². The van der Waals surface area contributed by atoms with E-state index in [2.05, 4.69) is 16.0 Å². The molecule has 128 valence electrons. The van der Waals surface area contributed by atoms with Gasteiger partial charge in [0.2, 0.25) is 5.91 Å². The van der Waals surface area contributed by atoms with Crippen molar-refractivity contribution in [1.82, 2.24) is 16.0 Å². The highest BCUT2D eigenvalue weighted by Gasteiger charge is 2.07. The van der Waals surface area contributed by atoms with E-state index in [1.807, 2.05) is 32.0 Å². The Morgan fingerprint density at radius 1 is 1.09 bits per heavy atom. The minimum atomic E-state index is -0.352. The van der Waals surface area contributed by atoms with E-state index in [9.17, 15) is 9.59 Å². The SMILES string of the molecule is COc1ccc(CCNC(=O)CNC(=O)NC(C)C)cc1OC. The van der Waals surface area contributed by atoms with Crippen LogP contribution in [0, 0.1) is 0 Å². The molecule has 0 saturated heterocycles. The Morgan fingerprint density at radius 3 is 2.39 bits per heavy atom. The molecule has 0 aromatic heterocycles. The van der Waals surface area contributed by atoms with Crippen LogP contribution in [0.15, 0.2) is 18.2 Å². The van der Waals surface area contributed by atoms with Gasteiger partial charge in [0.15, 0.2) is 11.5 Å². The van der Waals surface area contributed by atoms with E-state index < -0.39 is 0 Å². The maximum atomic E-state index is 11.6. The van der Waals surface area contributed by atoms with Crippen LogP contribution in [-0.2, 0) is 11.2 Å². The fraction of sp³-hybridized carbons (Fsp3) is 0.500. The standard InChI is InChI=1S/C16H25N3O4/c1-11(2)19-16(21)18-10-15(20)17-8-7-12-5-6-13(22-3)14(9-12)23-4/h5-6,9,11H,7-8,10H2,1-4H3,(H,17,20)(H2,18,19,21). The number of rotatable bonds is 8. The Kier molecular flexibility index (Phi) is 7.73. The van der Waals surface area contributed by atoms with Crippen LogP contribution in [0.4, 0.5) is 4.79 Å². The molecular weight excluding hydrogens is 298 g/mol. The van der Waals surface area contributed by atoms with Crippen LogP contribution in [0.5, 0.6) is 11.5 Å². The van der Waals surface area contributed by atoms with E-state index in [1.54, 1.807) is 14.2 Å². The number of carbonyl (C=O) groups excluding carboxylic acids is 2. The zero-order valence-corrected chi connectivity index (χ0v) is 14.1. The number of methoxy groups -OCH3 is 2. The monoisotopic (exact) mass is 323 g/mol. The van der Waals surface area contributed by atoms with Gasteiger partial charge in [0, 0.05) is 12.6 Å². The molecule has 0 heterocycles. The summed E-state index contributed by atoms with van der Waals surface area (Å²) in [5.41, 5.74) is 1.02. The highest BCUT2D eigenvalue weighted by atomic mass is 16.5. The third kappa shape index (κ3) is 6.90. The first-order chi connectivity index (χ1) is 11.0. The van der Waals surface area contributed by atoms with E-state index in [0.717, 1.165) is 5.56 Å². The summed E-state index contributed by atoms with van der Waals surface area (Å²) in [7, 11) is 3.16. The predicted octanol–water partition coefficient (Wildman–Crippen LogP) is 1.07. The molecule has 0 bridgehead atoms. The highest BCUT2D eigenvalue weighted by Crippen LogP contribution is 2.27. The minimum Gasteiger partial charge on any atom is -0.493 e. The molecule has 0 unspecified atom stereocenters. The molecule has 0 aliphatic heterocycles. The molecule has 0 fully saturated rings. The van der Waals surface area contributed by atoms with Crippen molar-refractivity contribution in [2.24, 2.45) is 0 Å². The van der Waals surface area contributed by atoms with Crippen LogP contribution in [-0.4, -0.2) is 45.3 Å². The summed E-state index contributed by atoms with van der Waals surface area (Å²) in [5.74, 6) is 1.09. The molecule has 3 N–H and O–H groups in total. The van der Waals surface area contributed by atoms with Crippen molar-refractivity contribution >= 4 is 11.9 Å². The molecule has 1 rings (SSSR count). The van der Waals surface area contributed by atoms with Crippen LogP contribution < -0.4 is 25.4 Å². The van der Waals surface area contributed by atoms with Gasteiger partial charge in [-0.15, -0.1) is 0 Å². The average molecular weight is 323 g/mol. The summed E-state index contributed by atoms with van der Waals surface area (Å²) < 4.78 is 10.4. The van der Waals surface area contributed by atoms with Gasteiger partial charge in [-0.1, -0.05) is 6.07 Å². The molecule has 7 heteroatoms. The lowest BCUT2D eigenvalue weighted by molar-refractivity contribution is -0.120. The van der Waals surface area contributed by atoms with Crippen molar-refractivity contribution in [2.45, 2.75) is 26.3 Å². The summed E-state index contributed by atoms with van der Waals surface area (Å²) in [6.45, 7) is 4.12. The van der Waals surface area contributed by atoms with Crippen LogP contribution in [0.3, 0.4) is 0 Å². The van der Waals surface area contributed by atoms with Gasteiger partial charge in [0.25, 0.3) is 0 Å². The van der Waals surface area contributed by atoms with E-state index in [-0.39, 0.29) is 24.5 Å². The number of urea groups is 1. The summed E-state index contributed by atoms with van der Waals surface area (Å²) >= 11 is 0. The second-order valence-electron chi connectivity index (χ2n) is 5.27. The Hall–Kier alpha value is -2.44. The maximum Gasteiger partial charge on any atom is 0.315 e. The number of amides is 3. The molecule has 0 saturated carbocycles. The maximum absolute atomic E-state index is 11.6. The van der Waals surface area contributed by atoms with Crippen molar-refractivity contribution in [3.63, 3.8) is 0 Å². The Morgan fingerprint density at radius 2 is 1.78 bits per heavy atom. The molecule has 0 aliphatic carbocycles. The normalized spacial score (nSPS) is 10.1. The average Bonchev–Trinajstić information content (AvgIpc) is 2.52. The van der Waals surface area contributed by atoms with Gasteiger partial charge in [-0.2, -0.15) is 0 Å². The van der Waals surface area contributed by atoms with Gasteiger partial charge in [0.05, 0.1) is 20.8 Å². The largest absolute Gasteiger partial charge is 0.493 e. The lowest BCUT2D eigenvalue weighted by Gasteiger charge is -2.11. The number of ether oxygens (including phenoxy) is 2. The Bertz CT molecular complexity index is 532. The van der Waals surface area contributed by atoms with Gasteiger partial charge >= 0.3 is 6.03 Å². The summed E-state index contributed by atoms with van der Waals surface area (Å²) in [6.07, 6.45) is 0.657. The zero-order chi connectivity index (χ0) is 17.2. The quantitative estimate of drug-likeness (QED) is 0.668. The Balaban J connectivity index is 2.33.